The highest BCUT2D eigenvalue weighted by Crippen LogP contribution is 2.21. The Balaban J connectivity index is 1.82. The SMILES string of the molecule is CN(CC(=O)Cc1ccccc1)Cc1csc(Br)c1. The van der Waals surface area contributed by atoms with E-state index in [1.54, 1.807) is 11.3 Å². The molecule has 4 heteroatoms. The van der Waals surface area contributed by atoms with Crippen LogP contribution in [-0.4, -0.2) is 24.3 Å². The van der Waals surface area contributed by atoms with Crippen LogP contribution in [0.1, 0.15) is 11.1 Å². The largest absolute Gasteiger partial charge is 0.298 e. The molecule has 0 bridgehead atoms. The van der Waals surface area contributed by atoms with Crippen molar-refractivity contribution in [2.75, 3.05) is 13.6 Å². The number of rotatable bonds is 6. The summed E-state index contributed by atoms with van der Waals surface area (Å²) >= 11 is 5.12. The molecule has 0 aliphatic rings. The molecule has 0 amide bonds. The predicted molar refractivity (Wildman–Crippen MR) is 83.5 cm³/mol. The normalized spacial score (nSPS) is 10.9. The van der Waals surface area contributed by atoms with Crippen molar-refractivity contribution < 1.29 is 4.79 Å². The average Bonchev–Trinajstić information content (AvgIpc) is 2.75. The summed E-state index contributed by atoms with van der Waals surface area (Å²) in [7, 11) is 1.98. The monoisotopic (exact) mass is 337 g/mol. The maximum atomic E-state index is 12.0. The van der Waals surface area contributed by atoms with E-state index in [0.29, 0.717) is 13.0 Å². The van der Waals surface area contributed by atoms with Gasteiger partial charge in [-0.15, -0.1) is 11.3 Å². The van der Waals surface area contributed by atoms with Gasteiger partial charge in [0.15, 0.2) is 5.78 Å². The first-order valence-corrected chi connectivity index (χ1v) is 7.78. The lowest BCUT2D eigenvalue weighted by molar-refractivity contribution is -0.119. The highest BCUT2D eigenvalue weighted by molar-refractivity contribution is 9.11. The lowest BCUT2D eigenvalue weighted by Gasteiger charge is -2.14. The first kappa shape index (κ1) is 14.4. The minimum absolute atomic E-state index is 0.253. The molecule has 0 spiro atoms. The molecule has 0 aliphatic heterocycles. The van der Waals surface area contributed by atoms with E-state index >= 15 is 0 Å². The number of carbonyl (C=O) groups is 1. The third kappa shape index (κ3) is 4.90. The Labute approximate surface area is 126 Å². The Morgan fingerprint density at radius 1 is 1.26 bits per heavy atom. The quantitative estimate of drug-likeness (QED) is 0.799. The maximum absolute atomic E-state index is 12.0. The van der Waals surface area contributed by atoms with Gasteiger partial charge in [0.1, 0.15) is 0 Å². The van der Waals surface area contributed by atoms with Crippen molar-refractivity contribution in [1.29, 1.82) is 0 Å². The number of likely N-dealkylation sites (N-methyl/N-ethyl adjacent to an activating group) is 1. The zero-order valence-corrected chi connectivity index (χ0v) is 13.2. The first-order valence-electron chi connectivity index (χ1n) is 6.10. The molecule has 0 saturated heterocycles. The van der Waals surface area contributed by atoms with Gasteiger partial charge in [0.05, 0.1) is 10.3 Å². The summed E-state index contributed by atoms with van der Waals surface area (Å²) in [4.78, 5) is 14.0. The Kier molecular flexibility index (Phi) is 5.31. The molecule has 0 atom stereocenters. The van der Waals surface area contributed by atoms with E-state index in [2.05, 4.69) is 32.3 Å². The number of ketones is 1. The van der Waals surface area contributed by atoms with Crippen molar-refractivity contribution in [1.82, 2.24) is 4.90 Å². The van der Waals surface area contributed by atoms with E-state index < -0.39 is 0 Å². The summed E-state index contributed by atoms with van der Waals surface area (Å²) in [6, 6.07) is 12.0. The van der Waals surface area contributed by atoms with E-state index in [1.165, 1.54) is 5.56 Å². The predicted octanol–water partition coefficient (Wildman–Crippen LogP) is 3.75. The number of Topliss-reactive ketones (excluding diaryl/α,β-unsaturated/α-hetero) is 1. The Hall–Kier alpha value is -0.970. The number of hydrogen-bond acceptors (Lipinski definition) is 3. The summed E-state index contributed by atoms with van der Waals surface area (Å²) in [5.74, 6) is 0.253. The third-order valence-electron chi connectivity index (χ3n) is 2.76. The molecule has 1 heterocycles. The first-order chi connectivity index (χ1) is 9.13. The average molecular weight is 338 g/mol. The number of carbonyl (C=O) groups excluding carboxylic acids is 1. The highest BCUT2D eigenvalue weighted by atomic mass is 79.9. The molecule has 0 unspecified atom stereocenters. The number of nitrogens with zero attached hydrogens (tertiary/aromatic N) is 1. The van der Waals surface area contributed by atoms with Crippen molar-refractivity contribution >= 4 is 33.0 Å². The van der Waals surface area contributed by atoms with Crippen LogP contribution in [0, 0.1) is 0 Å². The second-order valence-electron chi connectivity index (χ2n) is 4.63. The highest BCUT2D eigenvalue weighted by Gasteiger charge is 2.09. The van der Waals surface area contributed by atoms with Crippen LogP contribution in [0.5, 0.6) is 0 Å². The molecule has 19 heavy (non-hydrogen) atoms. The van der Waals surface area contributed by atoms with E-state index in [0.717, 1.165) is 15.9 Å². The minimum atomic E-state index is 0.253. The topological polar surface area (TPSA) is 20.3 Å². The van der Waals surface area contributed by atoms with Gasteiger partial charge >= 0.3 is 0 Å². The standard InChI is InChI=1S/C15H16BrNOS/c1-17(9-13-8-15(16)19-11-13)10-14(18)7-12-5-3-2-4-6-12/h2-6,8,11H,7,9-10H2,1H3. The van der Waals surface area contributed by atoms with E-state index in [4.69, 9.17) is 0 Å². The third-order valence-corrected chi connectivity index (χ3v) is 4.32. The van der Waals surface area contributed by atoms with Crippen LogP contribution in [0.4, 0.5) is 0 Å². The van der Waals surface area contributed by atoms with E-state index in [9.17, 15) is 4.79 Å². The van der Waals surface area contributed by atoms with Gasteiger partial charge in [0.2, 0.25) is 0 Å². The van der Waals surface area contributed by atoms with Crippen LogP contribution in [0.2, 0.25) is 0 Å². The second kappa shape index (κ2) is 6.98. The van der Waals surface area contributed by atoms with Crippen LogP contribution in [0.25, 0.3) is 0 Å². The van der Waals surface area contributed by atoms with Gasteiger partial charge in [-0.3, -0.25) is 9.69 Å². The Morgan fingerprint density at radius 3 is 2.63 bits per heavy atom. The zero-order chi connectivity index (χ0) is 13.7. The fraction of sp³-hybridized carbons (Fsp3) is 0.267. The fourth-order valence-corrected chi connectivity index (χ4v) is 3.18. The summed E-state index contributed by atoms with van der Waals surface area (Å²) in [5.41, 5.74) is 2.33. The zero-order valence-electron chi connectivity index (χ0n) is 10.8. The minimum Gasteiger partial charge on any atom is -0.298 e. The molecule has 0 aliphatic carbocycles. The van der Waals surface area contributed by atoms with Crippen LogP contribution in [0.15, 0.2) is 45.6 Å². The number of hydrogen-bond donors (Lipinski definition) is 0. The molecule has 0 fully saturated rings. The smallest absolute Gasteiger partial charge is 0.151 e. The Bertz CT molecular complexity index is 538. The van der Waals surface area contributed by atoms with Gasteiger partial charge < -0.3 is 0 Å². The molecule has 1 aromatic heterocycles. The Morgan fingerprint density at radius 2 is 2.00 bits per heavy atom. The molecule has 100 valence electrons. The molecule has 2 nitrogen and oxygen atoms in total. The maximum Gasteiger partial charge on any atom is 0.151 e. The van der Waals surface area contributed by atoms with Crippen LogP contribution < -0.4 is 0 Å². The van der Waals surface area contributed by atoms with Crippen LogP contribution in [0.3, 0.4) is 0 Å². The molecule has 0 N–H and O–H groups in total. The van der Waals surface area contributed by atoms with Crippen molar-refractivity contribution in [2.24, 2.45) is 0 Å². The summed E-state index contributed by atoms with van der Waals surface area (Å²) in [6.45, 7) is 1.30. The van der Waals surface area contributed by atoms with Gasteiger partial charge in [-0.05, 0) is 45.6 Å². The number of thiophene rings is 1. The fourth-order valence-electron chi connectivity index (χ4n) is 1.98. The summed E-state index contributed by atoms with van der Waals surface area (Å²) in [5, 5.41) is 2.11. The second-order valence-corrected chi connectivity index (χ2v) is 6.92. The lowest BCUT2D eigenvalue weighted by atomic mass is 10.1. The molecular formula is C15H16BrNOS. The molecule has 2 rings (SSSR count). The lowest BCUT2D eigenvalue weighted by Crippen LogP contribution is -2.26. The van der Waals surface area contributed by atoms with Gasteiger partial charge in [-0.2, -0.15) is 0 Å². The summed E-state index contributed by atoms with van der Waals surface area (Å²) in [6.07, 6.45) is 0.512. The van der Waals surface area contributed by atoms with Crippen molar-refractivity contribution in [2.45, 2.75) is 13.0 Å². The molecule has 2 aromatic rings. The van der Waals surface area contributed by atoms with Crippen molar-refractivity contribution in [3.05, 3.63) is 56.7 Å². The molecule has 1 aromatic carbocycles. The van der Waals surface area contributed by atoms with Crippen molar-refractivity contribution in [3.8, 4) is 0 Å². The van der Waals surface area contributed by atoms with Gasteiger partial charge in [0.25, 0.3) is 0 Å². The van der Waals surface area contributed by atoms with E-state index in [1.807, 2.05) is 37.4 Å². The number of halogens is 1. The van der Waals surface area contributed by atoms with Crippen molar-refractivity contribution in [3.63, 3.8) is 0 Å². The molecule has 0 saturated carbocycles. The number of benzene rings is 1. The van der Waals surface area contributed by atoms with E-state index in [-0.39, 0.29) is 5.78 Å². The van der Waals surface area contributed by atoms with Gasteiger partial charge in [-0.1, -0.05) is 30.3 Å². The molecular weight excluding hydrogens is 322 g/mol. The summed E-state index contributed by atoms with van der Waals surface area (Å²) < 4.78 is 1.13. The van der Waals surface area contributed by atoms with Crippen LogP contribution in [-0.2, 0) is 17.8 Å². The van der Waals surface area contributed by atoms with Crippen LogP contribution >= 0.6 is 27.3 Å². The molecule has 0 radical (unpaired) electrons. The van der Waals surface area contributed by atoms with Gasteiger partial charge in [-0.25, -0.2) is 0 Å². The van der Waals surface area contributed by atoms with Gasteiger partial charge in [0, 0.05) is 13.0 Å².